The van der Waals surface area contributed by atoms with Crippen LogP contribution >= 0.6 is 0 Å². The van der Waals surface area contributed by atoms with E-state index in [-0.39, 0.29) is 18.1 Å². The van der Waals surface area contributed by atoms with Crippen molar-refractivity contribution in [2.24, 2.45) is 0 Å². The summed E-state index contributed by atoms with van der Waals surface area (Å²) in [7, 11) is -3.37. The average molecular weight is 261 g/mol. The molecule has 0 saturated carbocycles. The van der Waals surface area contributed by atoms with Crippen LogP contribution in [0.15, 0.2) is 16.5 Å². The fourth-order valence-corrected chi connectivity index (χ4v) is 1.64. The predicted molar refractivity (Wildman–Crippen MR) is 57.2 cm³/mol. The first kappa shape index (κ1) is 13.2. The monoisotopic (exact) mass is 261 g/mol. The van der Waals surface area contributed by atoms with Crippen molar-refractivity contribution in [3.63, 3.8) is 0 Å². The highest BCUT2D eigenvalue weighted by Gasteiger charge is 2.12. The molecule has 0 bridgehead atoms. The Morgan fingerprint density at radius 3 is 2.53 bits per heavy atom. The predicted octanol–water partition coefficient (Wildman–Crippen LogP) is -0.361. The van der Waals surface area contributed by atoms with Crippen molar-refractivity contribution in [3.05, 3.63) is 23.7 Å². The van der Waals surface area contributed by atoms with Gasteiger partial charge in [-0.25, -0.2) is 13.2 Å². The van der Waals surface area contributed by atoms with E-state index >= 15 is 0 Å². The zero-order valence-electron chi connectivity index (χ0n) is 8.97. The molecule has 1 rings (SSSR count). The van der Waals surface area contributed by atoms with E-state index in [1.807, 2.05) is 0 Å². The van der Waals surface area contributed by atoms with Crippen molar-refractivity contribution in [1.82, 2.24) is 5.32 Å². The molecule has 7 nitrogen and oxygen atoms in total. The summed E-state index contributed by atoms with van der Waals surface area (Å²) in [5.41, 5.74) is 0. The van der Waals surface area contributed by atoms with Crippen LogP contribution in [0.4, 0.5) is 0 Å². The number of aromatic carboxylic acids is 1. The quantitative estimate of drug-likeness (QED) is 0.748. The largest absolute Gasteiger partial charge is 0.475 e. The van der Waals surface area contributed by atoms with Gasteiger partial charge in [-0.05, 0) is 12.1 Å². The van der Waals surface area contributed by atoms with Gasteiger partial charge >= 0.3 is 5.97 Å². The summed E-state index contributed by atoms with van der Waals surface area (Å²) in [5, 5.41) is 10.9. The van der Waals surface area contributed by atoms with Gasteiger partial charge in [0.25, 0.3) is 0 Å². The van der Waals surface area contributed by atoms with Gasteiger partial charge in [0.1, 0.15) is 11.5 Å². The lowest BCUT2D eigenvalue weighted by Crippen LogP contribution is -2.29. The number of hydrogen-bond acceptors (Lipinski definition) is 5. The molecule has 0 fully saturated rings. The zero-order valence-corrected chi connectivity index (χ0v) is 9.78. The summed E-state index contributed by atoms with van der Waals surface area (Å²) in [5.74, 6) is -2.49. The summed E-state index contributed by atoms with van der Waals surface area (Å²) in [4.78, 5) is 21.6. The fourth-order valence-electron chi connectivity index (χ4n) is 1.06. The Morgan fingerprint density at radius 2 is 2.06 bits per heavy atom. The number of hydrogen-bond donors (Lipinski definition) is 2. The molecule has 17 heavy (non-hydrogen) atoms. The summed E-state index contributed by atoms with van der Waals surface area (Å²) < 4.78 is 26.4. The van der Waals surface area contributed by atoms with Gasteiger partial charge in [-0.1, -0.05) is 0 Å². The highest BCUT2D eigenvalue weighted by Crippen LogP contribution is 2.07. The number of amides is 1. The molecule has 0 atom stereocenters. The molecule has 8 heteroatoms. The van der Waals surface area contributed by atoms with Crippen LogP contribution in [0.5, 0.6) is 0 Å². The van der Waals surface area contributed by atoms with Crippen LogP contribution in [0, 0.1) is 0 Å². The second-order valence-electron chi connectivity index (χ2n) is 3.42. The van der Waals surface area contributed by atoms with E-state index in [0.717, 1.165) is 6.26 Å². The molecular formula is C9H11NO6S. The molecule has 1 heterocycles. The topological polar surface area (TPSA) is 114 Å². The lowest BCUT2D eigenvalue weighted by molar-refractivity contribution is -0.118. The summed E-state index contributed by atoms with van der Waals surface area (Å²) in [6, 6.07) is 2.64. The van der Waals surface area contributed by atoms with Gasteiger partial charge in [0, 0.05) is 6.26 Å². The molecular weight excluding hydrogens is 250 g/mol. The van der Waals surface area contributed by atoms with E-state index in [2.05, 4.69) is 5.32 Å². The number of nitrogens with one attached hydrogen (secondary N) is 1. The van der Waals surface area contributed by atoms with E-state index < -0.39 is 27.5 Å². The highest BCUT2D eigenvalue weighted by atomic mass is 32.2. The third kappa shape index (κ3) is 4.68. The van der Waals surface area contributed by atoms with Crippen molar-refractivity contribution >= 4 is 21.7 Å². The van der Waals surface area contributed by atoms with Crippen molar-refractivity contribution in [2.75, 3.05) is 12.0 Å². The molecule has 0 aliphatic carbocycles. The van der Waals surface area contributed by atoms with Gasteiger partial charge in [-0.3, -0.25) is 4.79 Å². The lowest BCUT2D eigenvalue weighted by atomic mass is 10.4. The summed E-state index contributed by atoms with van der Waals surface area (Å²) >= 11 is 0. The van der Waals surface area contributed by atoms with Gasteiger partial charge in [0.15, 0.2) is 9.84 Å². The van der Waals surface area contributed by atoms with Crippen LogP contribution in [0.25, 0.3) is 0 Å². The third-order valence-electron chi connectivity index (χ3n) is 1.73. The number of carbonyl (C=O) groups excluding carboxylic acids is 1. The molecule has 0 spiro atoms. The number of carbonyl (C=O) groups is 2. The van der Waals surface area contributed by atoms with E-state index in [4.69, 9.17) is 9.52 Å². The Bertz CT molecular complexity index is 529. The maximum absolute atomic E-state index is 11.1. The Labute approximate surface area is 97.3 Å². The number of carboxylic acids is 1. The highest BCUT2D eigenvalue weighted by molar-refractivity contribution is 7.91. The molecule has 0 aromatic carbocycles. The Hall–Kier alpha value is -1.83. The van der Waals surface area contributed by atoms with Crippen molar-refractivity contribution in [1.29, 1.82) is 0 Å². The second kappa shape index (κ2) is 5.00. The smallest absolute Gasteiger partial charge is 0.371 e. The maximum Gasteiger partial charge on any atom is 0.371 e. The first-order valence-electron chi connectivity index (χ1n) is 4.54. The molecule has 0 unspecified atom stereocenters. The van der Waals surface area contributed by atoms with Crippen molar-refractivity contribution in [3.8, 4) is 0 Å². The Morgan fingerprint density at radius 1 is 1.41 bits per heavy atom. The van der Waals surface area contributed by atoms with Gasteiger partial charge < -0.3 is 14.8 Å². The summed E-state index contributed by atoms with van der Waals surface area (Å²) in [6.07, 6.45) is 0.946. The number of furan rings is 1. The van der Waals surface area contributed by atoms with E-state index in [1.165, 1.54) is 12.1 Å². The minimum absolute atomic E-state index is 0.0539. The van der Waals surface area contributed by atoms with Gasteiger partial charge in [0.2, 0.25) is 11.7 Å². The van der Waals surface area contributed by atoms with Crippen molar-refractivity contribution < 1.29 is 27.5 Å². The van der Waals surface area contributed by atoms with Crippen LogP contribution in [0.1, 0.15) is 16.3 Å². The molecule has 0 saturated heterocycles. The van der Waals surface area contributed by atoms with Crippen LogP contribution in [-0.4, -0.2) is 37.4 Å². The van der Waals surface area contributed by atoms with Crippen molar-refractivity contribution in [2.45, 2.75) is 6.54 Å². The number of rotatable bonds is 5. The zero-order chi connectivity index (χ0) is 13.1. The lowest BCUT2D eigenvalue weighted by Gasteiger charge is -2.01. The molecule has 0 aliphatic heterocycles. The average Bonchev–Trinajstić information content (AvgIpc) is 2.60. The molecule has 1 amide bonds. The Balaban J connectivity index is 2.50. The molecule has 94 valence electrons. The summed E-state index contributed by atoms with van der Waals surface area (Å²) in [6.45, 7) is -0.0539. The fraction of sp³-hybridized carbons (Fsp3) is 0.333. The van der Waals surface area contributed by atoms with Crippen LogP contribution in [0.3, 0.4) is 0 Å². The normalized spacial score (nSPS) is 11.1. The minimum Gasteiger partial charge on any atom is -0.475 e. The van der Waals surface area contributed by atoms with Crippen LogP contribution in [0.2, 0.25) is 0 Å². The second-order valence-corrected chi connectivity index (χ2v) is 5.56. The first-order chi connectivity index (χ1) is 7.78. The molecule has 1 aromatic heterocycles. The first-order valence-corrected chi connectivity index (χ1v) is 6.60. The van der Waals surface area contributed by atoms with Crippen LogP contribution < -0.4 is 5.32 Å². The van der Waals surface area contributed by atoms with Crippen LogP contribution in [-0.2, 0) is 21.2 Å². The van der Waals surface area contributed by atoms with Gasteiger partial charge in [0.05, 0.1) is 6.54 Å². The molecule has 1 aromatic rings. The van der Waals surface area contributed by atoms with E-state index in [1.54, 1.807) is 0 Å². The SMILES string of the molecule is CS(=O)(=O)CC(=O)NCc1ccc(C(=O)O)o1. The molecule has 0 radical (unpaired) electrons. The Kier molecular flexibility index (Phi) is 3.89. The molecule has 0 aliphatic rings. The standard InChI is InChI=1S/C9H11NO6S/c1-17(14,15)5-8(11)10-4-6-2-3-7(16-6)9(12)13/h2-3H,4-5H2,1H3,(H,10,11)(H,12,13). The third-order valence-corrected chi connectivity index (χ3v) is 2.51. The van der Waals surface area contributed by atoms with E-state index in [0.29, 0.717) is 0 Å². The maximum atomic E-state index is 11.1. The number of sulfone groups is 1. The van der Waals surface area contributed by atoms with E-state index in [9.17, 15) is 18.0 Å². The van der Waals surface area contributed by atoms with Gasteiger partial charge in [-0.15, -0.1) is 0 Å². The molecule has 2 N–H and O–H groups in total. The number of carboxylic acid groups (broad SMARTS) is 1. The van der Waals surface area contributed by atoms with Gasteiger partial charge in [-0.2, -0.15) is 0 Å². The minimum atomic E-state index is -3.37.